The molecule has 103 heavy (non-hydrogen) atoms. The summed E-state index contributed by atoms with van der Waals surface area (Å²) in [5.41, 5.74) is 25.4. The van der Waals surface area contributed by atoms with Crippen LogP contribution in [-0.4, -0.2) is 22.8 Å². The van der Waals surface area contributed by atoms with Crippen LogP contribution in [-0.2, 0) is 0 Å². The zero-order valence-corrected chi connectivity index (χ0v) is 55.8. The molecule has 0 bridgehead atoms. The van der Waals surface area contributed by atoms with E-state index >= 15 is 0 Å². The average Bonchev–Trinajstić information content (AvgIpc) is 1.61. The van der Waals surface area contributed by atoms with Crippen LogP contribution in [0.4, 0.5) is 0 Å². The number of nitriles is 1. The van der Waals surface area contributed by atoms with Crippen molar-refractivity contribution < 1.29 is 0 Å². The smallest absolute Gasteiger partial charge is 0.104 e. The highest BCUT2D eigenvalue weighted by molar-refractivity contribution is 6.19. The fraction of sp³-hybridized carbons (Fsp3) is 0. The van der Waals surface area contributed by atoms with Crippen molar-refractivity contribution in [2.75, 3.05) is 0 Å². The van der Waals surface area contributed by atoms with Crippen molar-refractivity contribution in [1.82, 2.24) is 22.8 Å². The highest BCUT2D eigenvalue weighted by Crippen LogP contribution is 2.54. The van der Waals surface area contributed by atoms with Gasteiger partial charge in [-0.3, -0.25) is 0 Å². The second-order valence-electron chi connectivity index (χ2n) is 26.9. The standard InChI is InChI=1S/C97H60N6/c98-61-81-94(100-84-44-22-15-37-72(84)77-57-66(49-53-89(77)100)62-27-5-1-6-28-62)96(102-86-46-24-17-39-74(86)79-59-68(51-55-91(79)102)64-31-9-3-10-32-64)93(76-41-19-26-48-88(76)99-82-42-20-13-35-70(82)71-36-14-21-43-83(71)99)97(103-87-47-25-18-40-75(87)80-60-69(52-56-92(80)103)65-33-11-4-12-34-65)95(81)101-85-45-23-16-38-73(85)78-58-67(50-54-90(78)101)63-29-7-2-8-30-63/h1-60H. The SMILES string of the molecule is N#Cc1c(-n2c3ccccc3c3cc(-c4ccccc4)ccc32)c(-n2c3ccccc3c3cc(-c4ccccc4)ccc32)c(-c2ccccc2-n2c3ccccc3c3ccccc32)c(-n2c3ccccc3c3cc(-c4ccccc4)ccc32)c1-n1c2ccccc2c2cc(-c3ccccc3)ccc21. The number of hydrogen-bond donors (Lipinski definition) is 0. The van der Waals surface area contributed by atoms with Crippen LogP contribution in [0.25, 0.3) is 193 Å². The summed E-state index contributed by atoms with van der Waals surface area (Å²) >= 11 is 0. The maximum atomic E-state index is 13.7. The third-order valence-corrected chi connectivity index (χ3v) is 21.5. The summed E-state index contributed by atoms with van der Waals surface area (Å²) in [6.45, 7) is 0. The van der Waals surface area contributed by atoms with Gasteiger partial charge in [-0.05, 0) is 136 Å². The van der Waals surface area contributed by atoms with E-state index in [1.54, 1.807) is 0 Å². The van der Waals surface area contributed by atoms with Gasteiger partial charge in [-0.2, -0.15) is 5.26 Å². The van der Waals surface area contributed by atoms with Gasteiger partial charge in [0.15, 0.2) is 0 Å². The maximum absolute atomic E-state index is 13.7. The number of nitrogens with zero attached hydrogens (tertiary/aromatic N) is 6. The van der Waals surface area contributed by atoms with Gasteiger partial charge in [-0.15, -0.1) is 0 Å². The number of hydrogen-bond acceptors (Lipinski definition) is 1. The molecule has 16 aromatic carbocycles. The fourth-order valence-corrected chi connectivity index (χ4v) is 17.1. The molecule has 6 nitrogen and oxygen atoms in total. The van der Waals surface area contributed by atoms with Gasteiger partial charge < -0.3 is 22.8 Å². The lowest BCUT2D eigenvalue weighted by molar-refractivity contribution is 1.03. The highest BCUT2D eigenvalue weighted by Gasteiger charge is 2.36. The number of aromatic nitrogens is 5. The number of para-hydroxylation sites is 7. The minimum Gasteiger partial charge on any atom is -0.309 e. The molecule has 0 radical (unpaired) electrons. The van der Waals surface area contributed by atoms with Gasteiger partial charge in [0.2, 0.25) is 0 Å². The number of rotatable bonds is 10. The zero-order valence-electron chi connectivity index (χ0n) is 55.8. The first kappa shape index (κ1) is 58.0. The molecule has 0 unspecified atom stereocenters. The molecular weight excluding hydrogens is 1250 g/mol. The topological polar surface area (TPSA) is 48.4 Å². The normalized spacial score (nSPS) is 11.9. The van der Waals surface area contributed by atoms with Crippen LogP contribution in [0.15, 0.2) is 364 Å². The molecule has 21 rings (SSSR count). The summed E-state index contributed by atoms with van der Waals surface area (Å²) in [5, 5.41) is 24.6. The molecule has 0 atom stereocenters. The van der Waals surface area contributed by atoms with Crippen molar-refractivity contribution in [3.63, 3.8) is 0 Å². The van der Waals surface area contributed by atoms with Crippen LogP contribution in [0.5, 0.6) is 0 Å². The second-order valence-corrected chi connectivity index (χ2v) is 26.9. The Morgan fingerprint density at radius 2 is 0.417 bits per heavy atom. The van der Waals surface area contributed by atoms with Crippen molar-refractivity contribution in [3.05, 3.63) is 370 Å². The van der Waals surface area contributed by atoms with Crippen molar-refractivity contribution in [3.8, 4) is 90.1 Å². The molecule has 0 N–H and O–H groups in total. The first-order valence-electron chi connectivity index (χ1n) is 35.2. The first-order valence-corrected chi connectivity index (χ1v) is 35.2. The summed E-state index contributed by atoms with van der Waals surface area (Å²) in [6.07, 6.45) is 0. The molecule has 0 fully saturated rings. The Hall–Kier alpha value is -14.0. The van der Waals surface area contributed by atoms with Crippen LogP contribution in [0.3, 0.4) is 0 Å². The summed E-state index contributed by atoms with van der Waals surface area (Å²) in [4.78, 5) is 0. The van der Waals surface area contributed by atoms with E-state index in [9.17, 15) is 5.26 Å². The molecule has 6 heteroatoms. The molecule has 5 aromatic heterocycles. The van der Waals surface area contributed by atoms with E-state index in [0.717, 1.165) is 193 Å². The van der Waals surface area contributed by atoms with E-state index in [-0.39, 0.29) is 0 Å². The number of fused-ring (bicyclic) bond motifs is 15. The number of benzene rings is 16. The molecule has 0 spiro atoms. The minimum atomic E-state index is 0.492. The lowest BCUT2D eigenvalue weighted by Gasteiger charge is -2.30. The maximum Gasteiger partial charge on any atom is 0.104 e. The summed E-state index contributed by atoms with van der Waals surface area (Å²) in [7, 11) is 0. The molecule has 0 amide bonds. The van der Waals surface area contributed by atoms with Crippen LogP contribution in [0.1, 0.15) is 5.56 Å². The summed E-state index contributed by atoms with van der Waals surface area (Å²) in [6, 6.07) is 136. The van der Waals surface area contributed by atoms with Gasteiger partial charge in [0.25, 0.3) is 0 Å². The quantitative estimate of drug-likeness (QED) is 0.135. The molecule has 0 aliphatic carbocycles. The van der Waals surface area contributed by atoms with E-state index in [0.29, 0.717) is 5.56 Å². The predicted molar refractivity (Wildman–Crippen MR) is 430 cm³/mol. The molecule has 0 saturated heterocycles. The lowest BCUT2D eigenvalue weighted by atomic mass is 9.92. The van der Waals surface area contributed by atoms with Crippen LogP contribution in [0, 0.1) is 11.3 Å². The third-order valence-electron chi connectivity index (χ3n) is 21.5. The van der Waals surface area contributed by atoms with Gasteiger partial charge in [0.05, 0.1) is 83.6 Å². The first-order chi connectivity index (χ1) is 51.1. The largest absolute Gasteiger partial charge is 0.309 e. The van der Waals surface area contributed by atoms with Gasteiger partial charge in [0, 0.05) is 65.0 Å². The second kappa shape index (κ2) is 23.1. The van der Waals surface area contributed by atoms with E-state index < -0.39 is 0 Å². The van der Waals surface area contributed by atoms with E-state index in [1.807, 2.05) is 0 Å². The van der Waals surface area contributed by atoms with Crippen molar-refractivity contribution in [2.24, 2.45) is 0 Å². The Morgan fingerprint density at radius 1 is 0.184 bits per heavy atom. The zero-order chi connectivity index (χ0) is 67.8. The van der Waals surface area contributed by atoms with E-state index in [2.05, 4.69) is 393 Å². The highest BCUT2D eigenvalue weighted by atomic mass is 15.1. The van der Waals surface area contributed by atoms with Crippen molar-refractivity contribution in [1.29, 1.82) is 5.26 Å². The van der Waals surface area contributed by atoms with Gasteiger partial charge in [0.1, 0.15) is 11.6 Å². The molecular formula is C97H60N6. The van der Waals surface area contributed by atoms with Gasteiger partial charge in [-0.25, -0.2) is 0 Å². The fourth-order valence-electron chi connectivity index (χ4n) is 17.1. The average molecular weight is 1310 g/mol. The van der Waals surface area contributed by atoms with Crippen LogP contribution < -0.4 is 0 Å². The third kappa shape index (κ3) is 8.74. The van der Waals surface area contributed by atoms with Crippen LogP contribution in [0.2, 0.25) is 0 Å². The Morgan fingerprint density at radius 3 is 0.718 bits per heavy atom. The predicted octanol–water partition coefficient (Wildman–Crippen LogP) is 25.4. The molecule has 21 aromatic rings. The lowest BCUT2D eigenvalue weighted by Crippen LogP contribution is -2.17. The molecule has 0 saturated carbocycles. The minimum absolute atomic E-state index is 0.492. The monoisotopic (exact) mass is 1310 g/mol. The van der Waals surface area contributed by atoms with Crippen molar-refractivity contribution in [2.45, 2.75) is 0 Å². The summed E-state index contributed by atoms with van der Waals surface area (Å²) < 4.78 is 12.4. The molecule has 0 aliphatic heterocycles. The molecule has 478 valence electrons. The Bertz CT molecular complexity index is 6700. The Balaban J connectivity index is 1.06. The van der Waals surface area contributed by atoms with E-state index in [4.69, 9.17) is 0 Å². The van der Waals surface area contributed by atoms with E-state index in [1.165, 1.54) is 0 Å². The Labute approximate surface area is 593 Å². The Kier molecular flexibility index (Phi) is 13.0. The molecule has 0 aliphatic rings. The van der Waals surface area contributed by atoms with Gasteiger partial charge in [-0.1, -0.05) is 273 Å². The van der Waals surface area contributed by atoms with Crippen molar-refractivity contribution >= 4 is 109 Å². The molecule has 5 heterocycles. The summed E-state index contributed by atoms with van der Waals surface area (Å²) in [5.74, 6) is 0. The van der Waals surface area contributed by atoms with Crippen LogP contribution >= 0.6 is 0 Å². The van der Waals surface area contributed by atoms with Gasteiger partial charge >= 0.3 is 0 Å².